The lowest BCUT2D eigenvalue weighted by atomic mass is 10.2. The maximum atomic E-state index is 12.1. The molecule has 128 valence electrons. The van der Waals surface area contributed by atoms with Crippen LogP contribution in [0, 0.1) is 0 Å². The maximum absolute atomic E-state index is 12.1. The second-order valence-electron chi connectivity index (χ2n) is 5.31. The molecule has 0 atom stereocenters. The third-order valence-corrected chi connectivity index (χ3v) is 4.27. The smallest absolute Gasteiger partial charge is 0.289 e. The Morgan fingerprint density at radius 2 is 1.80 bits per heavy atom. The Hall–Kier alpha value is -2.41. The fraction of sp³-hybridized carbons (Fsp3) is 0.118. The van der Waals surface area contributed by atoms with E-state index in [1.807, 2.05) is 30.3 Å². The minimum absolute atomic E-state index is 0.181. The Labute approximate surface area is 154 Å². The summed E-state index contributed by atoms with van der Waals surface area (Å²) in [6.45, 7) is 0.557. The minimum Gasteiger partial charge on any atom is -0.289 e. The molecule has 0 bridgehead atoms. The van der Waals surface area contributed by atoms with Crippen LogP contribution in [0.3, 0.4) is 0 Å². The third-order valence-electron chi connectivity index (χ3n) is 3.53. The van der Waals surface area contributed by atoms with E-state index in [0.29, 0.717) is 28.0 Å². The third kappa shape index (κ3) is 4.17. The van der Waals surface area contributed by atoms with Gasteiger partial charge in [0, 0.05) is 19.2 Å². The highest BCUT2D eigenvalue weighted by Gasteiger charge is 2.11. The van der Waals surface area contributed by atoms with Gasteiger partial charge in [-0.3, -0.25) is 9.99 Å². The van der Waals surface area contributed by atoms with Gasteiger partial charge in [-0.1, -0.05) is 53.5 Å². The normalized spacial score (nSPS) is 10.7. The second-order valence-corrected chi connectivity index (χ2v) is 6.12. The number of hydrazine groups is 1. The summed E-state index contributed by atoms with van der Waals surface area (Å²) in [6.07, 6.45) is 0. The van der Waals surface area contributed by atoms with Gasteiger partial charge in [-0.05, 0) is 23.8 Å². The van der Waals surface area contributed by atoms with E-state index >= 15 is 0 Å². The molecule has 2 aromatic carbocycles. The summed E-state index contributed by atoms with van der Waals surface area (Å²) in [7, 11) is 1.60. The molecule has 3 rings (SSSR count). The number of nitrogens with zero attached hydrogens (tertiary/aromatic N) is 3. The Kier molecular flexibility index (Phi) is 5.33. The highest BCUT2D eigenvalue weighted by atomic mass is 35.5. The average molecular weight is 376 g/mol. The fourth-order valence-corrected chi connectivity index (χ4v) is 2.53. The van der Waals surface area contributed by atoms with E-state index < -0.39 is 5.69 Å². The Morgan fingerprint density at radius 3 is 2.52 bits per heavy atom. The average Bonchev–Trinajstić information content (AvgIpc) is 2.61. The largest absolute Gasteiger partial charge is 0.352 e. The SMILES string of the molecule is Cn1c(-c2ccc(Cl)c(Cl)c2)nc(NNCc2ccccc2)nc1=O. The molecule has 8 heteroatoms. The second kappa shape index (κ2) is 7.65. The summed E-state index contributed by atoms with van der Waals surface area (Å²) >= 11 is 12.0. The van der Waals surface area contributed by atoms with Gasteiger partial charge in [0.05, 0.1) is 10.0 Å². The molecule has 3 aromatic rings. The summed E-state index contributed by atoms with van der Waals surface area (Å²) in [5.41, 5.74) is 7.17. The van der Waals surface area contributed by atoms with Crippen LogP contribution in [0.1, 0.15) is 5.56 Å². The van der Waals surface area contributed by atoms with Gasteiger partial charge in [0.2, 0.25) is 5.95 Å². The van der Waals surface area contributed by atoms with Crippen molar-refractivity contribution in [1.82, 2.24) is 20.0 Å². The molecule has 2 N–H and O–H groups in total. The van der Waals surface area contributed by atoms with Crippen molar-refractivity contribution in [2.24, 2.45) is 7.05 Å². The topological polar surface area (TPSA) is 71.8 Å². The summed E-state index contributed by atoms with van der Waals surface area (Å²) in [5.74, 6) is 0.614. The van der Waals surface area contributed by atoms with Crippen LogP contribution in [0.25, 0.3) is 11.4 Å². The number of benzene rings is 2. The molecule has 1 heterocycles. The van der Waals surface area contributed by atoms with Crippen LogP contribution >= 0.6 is 23.2 Å². The van der Waals surface area contributed by atoms with E-state index in [1.54, 1.807) is 25.2 Å². The van der Waals surface area contributed by atoms with Crippen LogP contribution in [0.15, 0.2) is 53.3 Å². The van der Waals surface area contributed by atoms with E-state index in [-0.39, 0.29) is 5.95 Å². The van der Waals surface area contributed by atoms with E-state index in [9.17, 15) is 4.79 Å². The van der Waals surface area contributed by atoms with Crippen molar-refractivity contribution in [1.29, 1.82) is 0 Å². The molecule has 25 heavy (non-hydrogen) atoms. The lowest BCUT2D eigenvalue weighted by Gasteiger charge is -2.11. The summed E-state index contributed by atoms with van der Waals surface area (Å²) < 4.78 is 1.35. The molecular weight excluding hydrogens is 361 g/mol. The van der Waals surface area contributed by atoms with E-state index in [0.717, 1.165) is 5.56 Å². The van der Waals surface area contributed by atoms with Crippen LogP contribution in [-0.2, 0) is 13.6 Å². The molecule has 0 saturated heterocycles. The molecule has 6 nitrogen and oxygen atoms in total. The molecule has 0 aliphatic heterocycles. The van der Waals surface area contributed by atoms with E-state index in [1.165, 1.54) is 4.57 Å². The van der Waals surface area contributed by atoms with Crippen molar-refractivity contribution in [3.8, 4) is 11.4 Å². The monoisotopic (exact) mass is 375 g/mol. The first kappa shape index (κ1) is 17.4. The highest BCUT2D eigenvalue weighted by Crippen LogP contribution is 2.27. The highest BCUT2D eigenvalue weighted by molar-refractivity contribution is 6.42. The van der Waals surface area contributed by atoms with Gasteiger partial charge in [-0.15, -0.1) is 0 Å². The van der Waals surface area contributed by atoms with Gasteiger partial charge in [0.15, 0.2) is 0 Å². The van der Waals surface area contributed by atoms with Crippen LogP contribution in [-0.4, -0.2) is 14.5 Å². The van der Waals surface area contributed by atoms with Crippen molar-refractivity contribution in [2.75, 3.05) is 5.43 Å². The molecule has 0 saturated carbocycles. The summed E-state index contributed by atoms with van der Waals surface area (Å²) in [4.78, 5) is 20.4. The quantitative estimate of drug-likeness (QED) is 0.669. The molecule has 0 amide bonds. The molecule has 0 spiro atoms. The number of halogens is 2. The van der Waals surface area contributed by atoms with Crippen LogP contribution in [0.5, 0.6) is 0 Å². The first-order chi connectivity index (χ1) is 12.0. The molecular formula is C17H15Cl2N5O. The van der Waals surface area contributed by atoms with Gasteiger partial charge in [-0.2, -0.15) is 9.97 Å². The van der Waals surface area contributed by atoms with Gasteiger partial charge in [0.25, 0.3) is 0 Å². The van der Waals surface area contributed by atoms with Crippen molar-refractivity contribution in [3.63, 3.8) is 0 Å². The van der Waals surface area contributed by atoms with Crippen LogP contribution in [0.2, 0.25) is 10.0 Å². The number of anilines is 1. The Morgan fingerprint density at radius 1 is 1.04 bits per heavy atom. The Balaban J connectivity index is 1.83. The molecule has 0 aliphatic carbocycles. The van der Waals surface area contributed by atoms with Crippen molar-refractivity contribution in [3.05, 3.63) is 74.6 Å². The first-order valence-corrected chi connectivity index (χ1v) is 8.23. The summed E-state index contributed by atoms with van der Waals surface area (Å²) in [6, 6.07) is 14.9. The van der Waals surface area contributed by atoms with Crippen LogP contribution in [0.4, 0.5) is 5.95 Å². The zero-order valence-electron chi connectivity index (χ0n) is 13.3. The van der Waals surface area contributed by atoms with Gasteiger partial charge >= 0.3 is 5.69 Å². The van der Waals surface area contributed by atoms with Crippen molar-refractivity contribution in [2.45, 2.75) is 6.54 Å². The summed E-state index contributed by atoms with van der Waals surface area (Å²) in [5, 5.41) is 0.828. The predicted molar refractivity (Wildman–Crippen MR) is 99.6 cm³/mol. The zero-order chi connectivity index (χ0) is 17.8. The molecule has 0 unspecified atom stereocenters. The lowest BCUT2D eigenvalue weighted by Crippen LogP contribution is -2.29. The van der Waals surface area contributed by atoms with E-state index in [4.69, 9.17) is 23.2 Å². The number of hydrogen-bond acceptors (Lipinski definition) is 5. The van der Waals surface area contributed by atoms with Gasteiger partial charge < -0.3 is 0 Å². The molecule has 0 radical (unpaired) electrons. The van der Waals surface area contributed by atoms with Gasteiger partial charge in [0.1, 0.15) is 5.82 Å². The maximum Gasteiger partial charge on any atom is 0.352 e. The van der Waals surface area contributed by atoms with Crippen molar-refractivity contribution < 1.29 is 0 Å². The number of rotatable bonds is 5. The fourth-order valence-electron chi connectivity index (χ4n) is 2.23. The van der Waals surface area contributed by atoms with Crippen LogP contribution < -0.4 is 16.5 Å². The number of aromatic nitrogens is 3. The number of nitrogens with one attached hydrogen (secondary N) is 2. The predicted octanol–water partition coefficient (Wildman–Crippen LogP) is 3.27. The lowest BCUT2D eigenvalue weighted by molar-refractivity contribution is 0.747. The zero-order valence-corrected chi connectivity index (χ0v) is 14.8. The molecule has 0 aliphatic rings. The van der Waals surface area contributed by atoms with Gasteiger partial charge in [-0.25, -0.2) is 10.2 Å². The molecule has 1 aromatic heterocycles. The minimum atomic E-state index is -0.430. The standard InChI is InChI=1S/C17H15Cl2N5O/c1-24-15(12-7-8-13(18)14(19)9-12)21-16(22-17(24)25)23-20-10-11-5-3-2-4-6-11/h2-9,20H,10H2,1H3,(H,22,23,25). The Bertz CT molecular complexity index is 944. The first-order valence-electron chi connectivity index (χ1n) is 7.48. The number of hydrogen-bond donors (Lipinski definition) is 2. The van der Waals surface area contributed by atoms with Crippen molar-refractivity contribution >= 4 is 29.2 Å². The van der Waals surface area contributed by atoms with E-state index in [2.05, 4.69) is 20.8 Å². The molecule has 0 fully saturated rings.